The van der Waals surface area contributed by atoms with Crippen molar-refractivity contribution in [2.24, 2.45) is 0 Å². The highest BCUT2D eigenvalue weighted by atomic mass is 79.9. The molecule has 1 N–H and O–H groups in total. The second kappa shape index (κ2) is 12.9. The molecule has 10 heteroatoms. The zero-order valence-corrected chi connectivity index (χ0v) is 24.6. The van der Waals surface area contributed by atoms with Crippen molar-refractivity contribution in [3.63, 3.8) is 0 Å². The standard InChI is InChI=1S/C32H24BrClN2O6/c1-40-29-15-21(7-13-28(29)42-18-20-5-3-2-4-6-20)19-41-27-14-8-23(33)16-22(27)17-26-30(37)35-32(39)36(31(26)38)25-11-9-24(34)10-12-25/h2-17H,18-19H2,1H3,(H,35,37,39)/b26-17-. The highest BCUT2D eigenvalue weighted by Crippen LogP contribution is 2.32. The van der Waals surface area contributed by atoms with Gasteiger partial charge in [-0.05, 0) is 71.8 Å². The van der Waals surface area contributed by atoms with Crippen LogP contribution in [0.15, 0.2) is 101 Å². The van der Waals surface area contributed by atoms with Crippen LogP contribution in [0, 0.1) is 0 Å². The Morgan fingerprint density at radius 1 is 0.810 bits per heavy atom. The third kappa shape index (κ3) is 6.64. The van der Waals surface area contributed by atoms with Crippen LogP contribution in [0.25, 0.3) is 6.08 Å². The second-order valence-corrected chi connectivity index (χ2v) is 10.5. The smallest absolute Gasteiger partial charge is 0.335 e. The van der Waals surface area contributed by atoms with Crippen LogP contribution < -0.4 is 24.4 Å². The van der Waals surface area contributed by atoms with Crippen molar-refractivity contribution in [2.75, 3.05) is 12.0 Å². The van der Waals surface area contributed by atoms with E-state index in [0.717, 1.165) is 16.0 Å². The minimum atomic E-state index is -0.847. The van der Waals surface area contributed by atoms with Gasteiger partial charge in [0.15, 0.2) is 11.5 Å². The molecule has 212 valence electrons. The Bertz CT molecular complexity index is 1670. The predicted molar refractivity (Wildman–Crippen MR) is 163 cm³/mol. The molecule has 4 amide bonds. The first kappa shape index (κ1) is 28.9. The lowest BCUT2D eigenvalue weighted by Crippen LogP contribution is -2.54. The van der Waals surface area contributed by atoms with Gasteiger partial charge in [0.2, 0.25) is 0 Å². The lowest BCUT2D eigenvalue weighted by molar-refractivity contribution is -0.122. The van der Waals surface area contributed by atoms with E-state index in [-0.39, 0.29) is 17.9 Å². The number of carbonyl (C=O) groups is 3. The van der Waals surface area contributed by atoms with E-state index in [0.29, 0.717) is 38.9 Å². The number of carbonyl (C=O) groups excluding carboxylic acids is 3. The first-order chi connectivity index (χ1) is 20.3. The number of hydrogen-bond acceptors (Lipinski definition) is 6. The number of benzene rings is 4. The number of urea groups is 1. The Kier molecular flexibility index (Phi) is 8.90. The van der Waals surface area contributed by atoms with Crippen molar-refractivity contribution >= 4 is 57.1 Å². The van der Waals surface area contributed by atoms with E-state index in [2.05, 4.69) is 21.2 Å². The first-order valence-corrected chi connectivity index (χ1v) is 13.9. The molecule has 0 aromatic heterocycles. The summed E-state index contributed by atoms with van der Waals surface area (Å²) in [4.78, 5) is 39.5. The third-order valence-electron chi connectivity index (χ3n) is 6.32. The van der Waals surface area contributed by atoms with Crippen molar-refractivity contribution in [1.29, 1.82) is 0 Å². The van der Waals surface area contributed by atoms with Crippen molar-refractivity contribution in [1.82, 2.24) is 5.32 Å². The number of nitrogens with one attached hydrogen (secondary N) is 1. The maximum Gasteiger partial charge on any atom is 0.335 e. The summed E-state index contributed by atoms with van der Waals surface area (Å²) in [6.07, 6.45) is 1.40. The summed E-state index contributed by atoms with van der Waals surface area (Å²) in [7, 11) is 1.57. The molecule has 0 saturated carbocycles. The van der Waals surface area contributed by atoms with Crippen molar-refractivity contribution < 1.29 is 28.6 Å². The Morgan fingerprint density at radius 2 is 1.50 bits per heavy atom. The Labute approximate surface area is 255 Å². The summed E-state index contributed by atoms with van der Waals surface area (Å²) < 4.78 is 18.3. The average molecular weight is 648 g/mol. The fourth-order valence-corrected chi connectivity index (χ4v) is 4.72. The maximum atomic E-state index is 13.3. The molecule has 0 atom stereocenters. The number of halogens is 2. The van der Waals surface area contributed by atoms with Gasteiger partial charge >= 0.3 is 6.03 Å². The highest BCUT2D eigenvalue weighted by molar-refractivity contribution is 9.10. The molecule has 1 aliphatic rings. The molecule has 1 heterocycles. The van der Waals surface area contributed by atoms with Gasteiger partial charge in [-0.25, -0.2) is 9.69 Å². The second-order valence-electron chi connectivity index (χ2n) is 9.16. The number of anilines is 1. The summed E-state index contributed by atoms with van der Waals surface area (Å²) in [6.45, 7) is 0.569. The fourth-order valence-electron chi connectivity index (χ4n) is 4.22. The van der Waals surface area contributed by atoms with Gasteiger partial charge in [0.25, 0.3) is 11.8 Å². The molecule has 42 heavy (non-hydrogen) atoms. The van der Waals surface area contributed by atoms with Crippen LogP contribution in [0.5, 0.6) is 17.2 Å². The monoisotopic (exact) mass is 646 g/mol. The summed E-state index contributed by atoms with van der Waals surface area (Å²) in [5.74, 6) is -0.00297. The molecule has 0 radical (unpaired) electrons. The number of barbiturate groups is 1. The molecule has 0 unspecified atom stereocenters. The van der Waals surface area contributed by atoms with Gasteiger partial charge in [-0.3, -0.25) is 14.9 Å². The third-order valence-corrected chi connectivity index (χ3v) is 7.06. The van der Waals surface area contributed by atoms with Crippen molar-refractivity contribution in [2.45, 2.75) is 13.2 Å². The molecule has 1 fully saturated rings. The first-order valence-electron chi connectivity index (χ1n) is 12.8. The summed E-state index contributed by atoms with van der Waals surface area (Å²) in [5, 5.41) is 2.66. The van der Waals surface area contributed by atoms with Gasteiger partial charge in [0, 0.05) is 15.1 Å². The molecule has 0 bridgehead atoms. The molecular formula is C32H24BrClN2O6. The summed E-state index contributed by atoms with van der Waals surface area (Å²) >= 11 is 9.38. The maximum absolute atomic E-state index is 13.3. The van der Waals surface area contributed by atoms with Crippen molar-refractivity contribution in [3.8, 4) is 17.2 Å². The largest absolute Gasteiger partial charge is 0.493 e. The average Bonchev–Trinajstić information content (AvgIpc) is 2.99. The van der Waals surface area contributed by atoms with Crippen LogP contribution >= 0.6 is 27.5 Å². The fraction of sp³-hybridized carbons (Fsp3) is 0.0938. The number of nitrogens with zero attached hydrogens (tertiary/aromatic N) is 1. The van der Waals surface area contributed by atoms with E-state index in [1.54, 1.807) is 37.4 Å². The molecule has 4 aromatic carbocycles. The molecule has 0 aliphatic carbocycles. The molecule has 1 saturated heterocycles. The SMILES string of the molecule is COc1cc(COc2ccc(Br)cc2/C=C2/C(=O)NC(=O)N(c3ccc(Cl)cc3)C2=O)ccc1OCc1ccccc1. The zero-order chi connectivity index (χ0) is 29.6. The van der Waals surface area contributed by atoms with Crippen LogP contribution in [0.2, 0.25) is 5.02 Å². The zero-order valence-electron chi connectivity index (χ0n) is 22.3. The van der Waals surface area contributed by atoms with Crippen LogP contribution in [-0.4, -0.2) is 25.0 Å². The Morgan fingerprint density at radius 3 is 2.24 bits per heavy atom. The summed E-state index contributed by atoms with van der Waals surface area (Å²) in [5.41, 5.74) is 2.36. The number of hydrogen-bond donors (Lipinski definition) is 1. The van der Waals surface area contributed by atoms with Gasteiger partial charge in [0.05, 0.1) is 12.8 Å². The number of ether oxygens (including phenoxy) is 3. The molecule has 5 rings (SSSR count). The van der Waals surface area contributed by atoms with Gasteiger partial charge in [-0.1, -0.05) is 63.9 Å². The van der Waals surface area contributed by atoms with Crippen molar-refractivity contribution in [3.05, 3.63) is 123 Å². The lowest BCUT2D eigenvalue weighted by Gasteiger charge is -2.26. The van der Waals surface area contributed by atoms with Crippen LogP contribution in [0.1, 0.15) is 16.7 Å². The number of methoxy groups -OCH3 is 1. The quantitative estimate of drug-likeness (QED) is 0.156. The minimum absolute atomic E-state index is 0.169. The normalized spacial score (nSPS) is 14.1. The number of amides is 4. The Balaban J connectivity index is 1.36. The van der Waals surface area contributed by atoms with Gasteiger partial charge in [-0.2, -0.15) is 0 Å². The van der Waals surface area contributed by atoms with E-state index in [1.807, 2.05) is 48.5 Å². The number of rotatable bonds is 9. The minimum Gasteiger partial charge on any atom is -0.493 e. The van der Waals surface area contributed by atoms with E-state index in [4.69, 9.17) is 25.8 Å². The summed E-state index contributed by atoms with van der Waals surface area (Å²) in [6, 6.07) is 25.8. The molecule has 4 aromatic rings. The molecule has 8 nitrogen and oxygen atoms in total. The number of imide groups is 2. The van der Waals surface area contributed by atoms with Crippen LogP contribution in [0.3, 0.4) is 0 Å². The topological polar surface area (TPSA) is 94.2 Å². The van der Waals surface area contributed by atoms with E-state index < -0.39 is 17.8 Å². The predicted octanol–water partition coefficient (Wildman–Crippen LogP) is 6.94. The van der Waals surface area contributed by atoms with E-state index >= 15 is 0 Å². The van der Waals surface area contributed by atoms with Crippen LogP contribution in [-0.2, 0) is 22.8 Å². The molecule has 1 aliphatic heterocycles. The molecular weight excluding hydrogens is 624 g/mol. The Hall–Kier alpha value is -4.60. The van der Waals surface area contributed by atoms with Gasteiger partial charge < -0.3 is 14.2 Å². The van der Waals surface area contributed by atoms with E-state index in [9.17, 15) is 14.4 Å². The van der Waals surface area contributed by atoms with Gasteiger partial charge in [0.1, 0.15) is 24.5 Å². The molecule has 0 spiro atoms. The highest BCUT2D eigenvalue weighted by Gasteiger charge is 2.37. The van der Waals surface area contributed by atoms with Gasteiger partial charge in [-0.15, -0.1) is 0 Å². The van der Waals surface area contributed by atoms with Crippen LogP contribution in [0.4, 0.5) is 10.5 Å². The van der Waals surface area contributed by atoms with E-state index in [1.165, 1.54) is 18.2 Å². The lowest BCUT2D eigenvalue weighted by atomic mass is 10.1.